The van der Waals surface area contributed by atoms with Crippen LogP contribution < -0.4 is 5.56 Å². The molecule has 1 aromatic carbocycles. The zero-order chi connectivity index (χ0) is 16.5. The first-order chi connectivity index (χ1) is 10.2. The fraction of sp³-hybridized carbons (Fsp3) is 0.353. The third-order valence-corrected chi connectivity index (χ3v) is 4.51. The number of hydrogen-bond donors (Lipinski definition) is 0. The van der Waals surface area contributed by atoms with Crippen LogP contribution in [-0.4, -0.2) is 19.2 Å². The Morgan fingerprint density at radius 1 is 1.09 bits per heavy atom. The molecule has 0 amide bonds. The fourth-order valence-electron chi connectivity index (χ4n) is 2.54. The van der Waals surface area contributed by atoms with Crippen molar-refractivity contribution < 1.29 is 8.42 Å². The summed E-state index contributed by atoms with van der Waals surface area (Å²) in [5.74, 6) is 0.0205. The zero-order valence-electron chi connectivity index (χ0n) is 13.4. The van der Waals surface area contributed by atoms with Gasteiger partial charge < -0.3 is 4.57 Å². The Kier molecular flexibility index (Phi) is 4.56. The molecule has 0 fully saturated rings. The van der Waals surface area contributed by atoms with Crippen LogP contribution in [0.4, 0.5) is 0 Å². The van der Waals surface area contributed by atoms with Gasteiger partial charge >= 0.3 is 0 Å². The molecule has 4 nitrogen and oxygen atoms in total. The molecule has 0 aliphatic heterocycles. The molecular formula is C17H21NO3S. The van der Waals surface area contributed by atoms with Crippen molar-refractivity contribution in [3.8, 4) is 11.1 Å². The molecule has 2 rings (SSSR count). The Labute approximate surface area is 131 Å². The van der Waals surface area contributed by atoms with Crippen LogP contribution in [0.15, 0.2) is 35.3 Å². The minimum absolute atomic E-state index is 0.0104. The predicted molar refractivity (Wildman–Crippen MR) is 89.8 cm³/mol. The van der Waals surface area contributed by atoms with E-state index in [0.717, 1.165) is 22.3 Å². The first kappa shape index (κ1) is 16.5. The van der Waals surface area contributed by atoms with E-state index in [9.17, 15) is 13.2 Å². The van der Waals surface area contributed by atoms with Crippen molar-refractivity contribution in [2.24, 2.45) is 0 Å². The predicted octanol–water partition coefficient (Wildman–Crippen LogP) is 2.70. The fourth-order valence-corrected chi connectivity index (χ4v) is 3.33. The third-order valence-electron chi connectivity index (χ3n) is 3.65. The normalized spacial score (nSPS) is 11.6. The van der Waals surface area contributed by atoms with Crippen LogP contribution in [0.3, 0.4) is 0 Å². The maximum atomic E-state index is 12.0. The Morgan fingerprint density at radius 2 is 1.77 bits per heavy atom. The highest BCUT2D eigenvalue weighted by molar-refractivity contribution is 7.89. The molecule has 0 spiro atoms. The monoisotopic (exact) mass is 319 g/mol. The first-order valence-corrected chi connectivity index (χ1v) is 9.26. The van der Waals surface area contributed by atoms with E-state index < -0.39 is 9.84 Å². The minimum atomic E-state index is -3.07. The van der Waals surface area contributed by atoms with E-state index >= 15 is 0 Å². The van der Waals surface area contributed by atoms with Crippen molar-refractivity contribution in [1.82, 2.24) is 4.57 Å². The molecule has 1 aromatic heterocycles. The molecule has 0 atom stereocenters. The van der Waals surface area contributed by atoms with Gasteiger partial charge in [0.2, 0.25) is 0 Å². The minimum Gasteiger partial charge on any atom is -0.315 e. The first-order valence-electron chi connectivity index (χ1n) is 7.20. The average Bonchev–Trinajstić information content (AvgIpc) is 2.42. The molecule has 0 saturated carbocycles. The van der Waals surface area contributed by atoms with Crippen LogP contribution in [0.1, 0.15) is 23.6 Å². The molecule has 0 unspecified atom stereocenters. The lowest BCUT2D eigenvalue weighted by Gasteiger charge is -2.12. The summed E-state index contributed by atoms with van der Waals surface area (Å²) in [6.45, 7) is 6.32. The molecule has 0 N–H and O–H groups in total. The van der Waals surface area contributed by atoms with Crippen LogP contribution in [0, 0.1) is 13.8 Å². The number of benzene rings is 1. The third kappa shape index (κ3) is 3.65. The Morgan fingerprint density at radius 3 is 2.36 bits per heavy atom. The number of pyridine rings is 1. The lowest BCUT2D eigenvalue weighted by molar-refractivity contribution is 0.601. The lowest BCUT2D eigenvalue weighted by atomic mass is 9.99. The van der Waals surface area contributed by atoms with Crippen molar-refractivity contribution in [2.75, 3.05) is 6.26 Å². The zero-order valence-corrected chi connectivity index (χ0v) is 14.2. The average molecular weight is 319 g/mol. The van der Waals surface area contributed by atoms with Crippen molar-refractivity contribution in [1.29, 1.82) is 0 Å². The summed E-state index contributed by atoms with van der Waals surface area (Å²) in [7, 11) is -3.07. The number of aromatic nitrogens is 1. The van der Waals surface area contributed by atoms with E-state index in [-0.39, 0.29) is 11.3 Å². The van der Waals surface area contributed by atoms with Gasteiger partial charge in [0.15, 0.2) is 9.84 Å². The van der Waals surface area contributed by atoms with Gasteiger partial charge in [-0.15, -0.1) is 0 Å². The number of hydrogen-bond acceptors (Lipinski definition) is 3. The Bertz CT molecular complexity index is 864. The number of rotatable bonds is 4. The Hall–Kier alpha value is -1.88. The van der Waals surface area contributed by atoms with Gasteiger partial charge in [-0.3, -0.25) is 4.79 Å². The van der Waals surface area contributed by atoms with E-state index in [1.165, 1.54) is 6.26 Å². The highest BCUT2D eigenvalue weighted by Gasteiger charge is 2.10. The largest absolute Gasteiger partial charge is 0.315 e. The van der Waals surface area contributed by atoms with E-state index in [0.29, 0.717) is 12.1 Å². The second kappa shape index (κ2) is 6.08. The van der Waals surface area contributed by atoms with Crippen molar-refractivity contribution in [2.45, 2.75) is 33.1 Å². The van der Waals surface area contributed by atoms with Crippen molar-refractivity contribution in [3.05, 3.63) is 57.5 Å². The van der Waals surface area contributed by atoms with Crippen molar-refractivity contribution in [3.63, 3.8) is 0 Å². The summed E-state index contributed by atoms with van der Waals surface area (Å²) in [4.78, 5) is 12.0. The topological polar surface area (TPSA) is 56.1 Å². The molecule has 0 radical (unpaired) electrons. The van der Waals surface area contributed by atoms with Gasteiger partial charge in [0.25, 0.3) is 5.56 Å². The number of aryl methyl sites for hydroxylation is 3. The summed E-state index contributed by atoms with van der Waals surface area (Å²) < 4.78 is 24.6. The molecule has 1 heterocycles. The number of nitrogens with zero attached hydrogens (tertiary/aromatic N) is 1. The quantitative estimate of drug-likeness (QED) is 0.870. The maximum absolute atomic E-state index is 12.0. The SMILES string of the molecule is CCn1cc(-c2cc(CS(C)(=O)=O)ccc2C)cc(C)c1=O. The van der Waals surface area contributed by atoms with Crippen LogP contribution in [-0.2, 0) is 22.1 Å². The van der Waals surface area contributed by atoms with Crippen LogP contribution in [0.25, 0.3) is 11.1 Å². The van der Waals surface area contributed by atoms with Gasteiger partial charge in [-0.1, -0.05) is 12.1 Å². The second-order valence-corrected chi connectivity index (χ2v) is 7.86. The van der Waals surface area contributed by atoms with Crippen LogP contribution in [0.5, 0.6) is 0 Å². The molecule has 0 saturated heterocycles. The molecule has 0 aliphatic rings. The van der Waals surface area contributed by atoms with Crippen LogP contribution >= 0.6 is 0 Å². The molecular weight excluding hydrogens is 298 g/mol. The van der Waals surface area contributed by atoms with E-state index in [1.54, 1.807) is 11.5 Å². The van der Waals surface area contributed by atoms with Gasteiger partial charge in [-0.05, 0) is 55.2 Å². The summed E-state index contributed by atoms with van der Waals surface area (Å²) in [6.07, 6.45) is 3.07. The van der Waals surface area contributed by atoms with Gasteiger partial charge in [0, 0.05) is 24.6 Å². The molecule has 118 valence electrons. The summed E-state index contributed by atoms with van der Waals surface area (Å²) in [6, 6.07) is 7.52. The molecule has 0 aliphatic carbocycles. The highest BCUT2D eigenvalue weighted by Crippen LogP contribution is 2.25. The van der Waals surface area contributed by atoms with E-state index in [2.05, 4.69) is 0 Å². The van der Waals surface area contributed by atoms with Crippen molar-refractivity contribution >= 4 is 9.84 Å². The second-order valence-electron chi connectivity index (χ2n) is 5.72. The van der Waals surface area contributed by atoms with Crippen LogP contribution in [0.2, 0.25) is 0 Å². The highest BCUT2D eigenvalue weighted by atomic mass is 32.2. The van der Waals surface area contributed by atoms with E-state index in [1.807, 2.05) is 44.3 Å². The molecule has 22 heavy (non-hydrogen) atoms. The lowest BCUT2D eigenvalue weighted by Crippen LogP contribution is -2.20. The maximum Gasteiger partial charge on any atom is 0.253 e. The molecule has 2 aromatic rings. The van der Waals surface area contributed by atoms with Gasteiger partial charge in [-0.2, -0.15) is 0 Å². The molecule has 5 heteroatoms. The Balaban J connectivity index is 2.59. The standard InChI is InChI=1S/C17H21NO3S/c1-5-18-10-15(8-13(3)17(18)19)16-9-14(7-6-12(16)2)11-22(4,20)21/h6-10H,5,11H2,1-4H3. The number of sulfone groups is 1. The molecule has 0 bridgehead atoms. The summed E-state index contributed by atoms with van der Waals surface area (Å²) in [5.41, 5.74) is 4.41. The van der Waals surface area contributed by atoms with Gasteiger partial charge in [-0.25, -0.2) is 8.42 Å². The summed E-state index contributed by atoms with van der Waals surface area (Å²) in [5, 5.41) is 0. The van der Waals surface area contributed by atoms with E-state index in [4.69, 9.17) is 0 Å². The smallest absolute Gasteiger partial charge is 0.253 e. The van der Waals surface area contributed by atoms with Gasteiger partial charge in [0.05, 0.1) is 5.75 Å². The summed E-state index contributed by atoms with van der Waals surface area (Å²) >= 11 is 0. The van der Waals surface area contributed by atoms with Gasteiger partial charge in [0.1, 0.15) is 0 Å².